The number of methoxy groups -OCH3 is 1. The molecule has 2 aliphatic rings. The van der Waals surface area contributed by atoms with E-state index in [0.29, 0.717) is 33.1 Å². The van der Waals surface area contributed by atoms with E-state index in [1.165, 1.54) is 4.57 Å². The zero-order valence-corrected chi connectivity index (χ0v) is 21.5. The molecule has 0 spiro atoms. The van der Waals surface area contributed by atoms with Crippen LogP contribution in [0, 0.1) is 0 Å². The molecule has 1 aromatic heterocycles. The molecule has 2 aliphatic heterocycles. The van der Waals surface area contributed by atoms with Crippen LogP contribution >= 0.6 is 27.3 Å². The summed E-state index contributed by atoms with van der Waals surface area (Å²) >= 11 is 4.57. The minimum atomic E-state index is -0.767. The lowest BCUT2D eigenvalue weighted by molar-refractivity contribution is -0.139. The smallest absolute Gasteiger partial charge is 0.338 e. The van der Waals surface area contributed by atoms with E-state index in [2.05, 4.69) is 26.2 Å². The van der Waals surface area contributed by atoms with Gasteiger partial charge >= 0.3 is 5.97 Å². The van der Waals surface area contributed by atoms with Crippen molar-refractivity contribution in [2.24, 2.45) is 4.99 Å². The third-order valence-electron chi connectivity index (χ3n) is 5.88. The lowest BCUT2D eigenvalue weighted by atomic mass is 9.96. The predicted molar refractivity (Wildman–Crippen MR) is 135 cm³/mol. The second kappa shape index (κ2) is 8.94. The maximum absolute atomic E-state index is 13.9. The van der Waals surface area contributed by atoms with Gasteiger partial charge in [-0.05, 0) is 49.7 Å². The van der Waals surface area contributed by atoms with Crippen LogP contribution in [0.4, 0.5) is 5.69 Å². The number of halogens is 1. The van der Waals surface area contributed by atoms with Crippen molar-refractivity contribution >= 4 is 50.4 Å². The van der Waals surface area contributed by atoms with Crippen LogP contribution < -0.4 is 24.9 Å². The molecule has 10 heteroatoms. The van der Waals surface area contributed by atoms with Gasteiger partial charge in [0.2, 0.25) is 0 Å². The summed E-state index contributed by atoms with van der Waals surface area (Å²) in [6, 6.07) is 11.8. The molecule has 1 amide bonds. The van der Waals surface area contributed by atoms with Gasteiger partial charge in [0.15, 0.2) is 4.80 Å². The second-order valence-electron chi connectivity index (χ2n) is 7.92. The van der Waals surface area contributed by atoms with E-state index < -0.39 is 17.6 Å². The first-order valence-electron chi connectivity index (χ1n) is 10.8. The first kappa shape index (κ1) is 23.3. The van der Waals surface area contributed by atoms with Gasteiger partial charge in [0.05, 0.1) is 36.6 Å². The molecule has 3 heterocycles. The number of esters is 1. The Morgan fingerprint density at radius 1 is 1.20 bits per heavy atom. The van der Waals surface area contributed by atoms with Gasteiger partial charge in [0.1, 0.15) is 10.3 Å². The zero-order valence-electron chi connectivity index (χ0n) is 19.0. The summed E-state index contributed by atoms with van der Waals surface area (Å²) in [4.78, 5) is 44.8. The summed E-state index contributed by atoms with van der Waals surface area (Å²) in [5.41, 5.74) is 2.59. The fourth-order valence-electron chi connectivity index (χ4n) is 4.31. The Labute approximate surface area is 212 Å². The Hall–Kier alpha value is -3.50. The van der Waals surface area contributed by atoms with Crippen molar-refractivity contribution in [1.82, 2.24) is 4.57 Å². The largest absolute Gasteiger partial charge is 0.497 e. The molecule has 35 heavy (non-hydrogen) atoms. The highest BCUT2D eigenvalue weighted by Gasteiger charge is 2.35. The van der Waals surface area contributed by atoms with Crippen molar-refractivity contribution in [3.05, 3.63) is 89.0 Å². The van der Waals surface area contributed by atoms with Crippen LogP contribution in [0.5, 0.6) is 5.75 Å². The van der Waals surface area contributed by atoms with Gasteiger partial charge in [0.25, 0.3) is 11.5 Å². The van der Waals surface area contributed by atoms with Gasteiger partial charge in [-0.1, -0.05) is 39.4 Å². The number of nitrogens with zero attached hydrogens (tertiary/aromatic N) is 2. The summed E-state index contributed by atoms with van der Waals surface area (Å²) in [7, 11) is 1.57. The number of nitrogens with one attached hydrogen (secondary N) is 1. The molecular formula is C25H20BrN3O5S. The summed E-state index contributed by atoms with van der Waals surface area (Å²) in [6.45, 7) is 3.63. The number of fused-ring (bicyclic) bond motifs is 2. The van der Waals surface area contributed by atoms with Gasteiger partial charge in [-0.25, -0.2) is 9.79 Å². The van der Waals surface area contributed by atoms with Crippen LogP contribution in [-0.4, -0.2) is 30.2 Å². The highest BCUT2D eigenvalue weighted by Crippen LogP contribution is 2.34. The number of rotatable bonds is 4. The van der Waals surface area contributed by atoms with Crippen molar-refractivity contribution in [2.45, 2.75) is 19.9 Å². The number of hydrogen-bond acceptors (Lipinski definition) is 7. The number of ether oxygens (including phenoxy) is 2. The molecule has 8 nitrogen and oxygen atoms in total. The molecule has 0 bridgehead atoms. The number of hydrogen-bond donors (Lipinski definition) is 1. The molecule has 5 rings (SSSR count). The number of carbonyl (C=O) groups excluding carboxylic acids is 2. The number of aromatic nitrogens is 1. The number of allylic oxidation sites excluding steroid dienone is 1. The van der Waals surface area contributed by atoms with Gasteiger partial charge in [-0.15, -0.1) is 0 Å². The Kier molecular flexibility index (Phi) is 5.94. The Bertz CT molecular complexity index is 1600. The molecule has 0 saturated heterocycles. The van der Waals surface area contributed by atoms with E-state index in [4.69, 9.17) is 9.47 Å². The minimum Gasteiger partial charge on any atom is -0.497 e. The number of amides is 1. The molecule has 0 aliphatic carbocycles. The van der Waals surface area contributed by atoms with Crippen molar-refractivity contribution in [2.75, 3.05) is 19.0 Å². The van der Waals surface area contributed by atoms with Crippen molar-refractivity contribution in [3.8, 4) is 5.75 Å². The van der Waals surface area contributed by atoms with Crippen LogP contribution in [-0.2, 0) is 14.3 Å². The summed E-state index contributed by atoms with van der Waals surface area (Å²) < 4.78 is 13.1. The van der Waals surface area contributed by atoms with E-state index >= 15 is 0 Å². The predicted octanol–water partition coefficient (Wildman–Crippen LogP) is 2.89. The maximum Gasteiger partial charge on any atom is 0.338 e. The highest BCUT2D eigenvalue weighted by molar-refractivity contribution is 9.10. The van der Waals surface area contributed by atoms with E-state index in [0.717, 1.165) is 15.8 Å². The third-order valence-corrected chi connectivity index (χ3v) is 7.42. The number of thiazole rings is 1. The van der Waals surface area contributed by atoms with E-state index in [1.54, 1.807) is 57.4 Å². The van der Waals surface area contributed by atoms with E-state index in [-0.39, 0.29) is 28.2 Å². The molecular weight excluding hydrogens is 534 g/mol. The van der Waals surface area contributed by atoms with Crippen LogP contribution in [0.1, 0.15) is 31.0 Å². The maximum atomic E-state index is 13.9. The molecule has 1 atom stereocenters. The second-order valence-corrected chi connectivity index (χ2v) is 9.81. The Morgan fingerprint density at radius 2 is 1.94 bits per heavy atom. The number of anilines is 1. The molecule has 1 N–H and O–H groups in total. The van der Waals surface area contributed by atoms with Gasteiger partial charge in [-0.3, -0.25) is 14.2 Å². The van der Waals surface area contributed by atoms with Crippen molar-refractivity contribution < 1.29 is 19.1 Å². The van der Waals surface area contributed by atoms with E-state index in [1.807, 2.05) is 6.07 Å². The van der Waals surface area contributed by atoms with Gasteiger partial charge in [-0.2, -0.15) is 0 Å². The lowest BCUT2D eigenvalue weighted by Crippen LogP contribution is -2.40. The molecule has 0 fully saturated rings. The van der Waals surface area contributed by atoms with Crippen molar-refractivity contribution in [1.29, 1.82) is 0 Å². The summed E-state index contributed by atoms with van der Waals surface area (Å²) in [5.74, 6) is -0.252. The standard InChI is InChI=1S/C25H20BrN3O5S/c1-4-34-24(32)18-12(2)27-25-29(20(18)13-5-8-15(33-3)9-6-13)23(31)21(35-25)19-16-11-14(26)7-10-17(16)28-22(19)30/h5-11,20H,4H2,1-3H3,(H,28,30)/b21-19-/t20-/m0/s1. The summed E-state index contributed by atoms with van der Waals surface area (Å²) in [5, 5.41) is 2.82. The Balaban J connectivity index is 1.81. The SMILES string of the molecule is CCOC(=O)C1=C(C)N=c2s/c(=C3\C(=O)Nc4ccc(Br)cc43)c(=O)n2[C@H]1c1ccc(OC)cc1. The fraction of sp³-hybridized carbons (Fsp3) is 0.200. The average molecular weight is 554 g/mol. The first-order valence-corrected chi connectivity index (χ1v) is 12.4. The van der Waals surface area contributed by atoms with Crippen LogP contribution in [0.25, 0.3) is 5.57 Å². The van der Waals surface area contributed by atoms with Crippen LogP contribution in [0.3, 0.4) is 0 Å². The molecule has 0 radical (unpaired) electrons. The number of benzene rings is 2. The summed E-state index contributed by atoms with van der Waals surface area (Å²) in [6.07, 6.45) is 0. The van der Waals surface area contributed by atoms with Crippen molar-refractivity contribution in [3.63, 3.8) is 0 Å². The van der Waals surface area contributed by atoms with Gasteiger partial charge < -0.3 is 14.8 Å². The molecule has 2 aromatic carbocycles. The molecule has 178 valence electrons. The van der Waals surface area contributed by atoms with Crippen LogP contribution in [0.2, 0.25) is 0 Å². The quantitative estimate of drug-likeness (QED) is 0.501. The highest BCUT2D eigenvalue weighted by atomic mass is 79.9. The lowest BCUT2D eigenvalue weighted by Gasteiger charge is -2.24. The van der Waals surface area contributed by atoms with Crippen LogP contribution in [0.15, 0.2) is 68.0 Å². The van der Waals surface area contributed by atoms with Gasteiger partial charge in [0, 0.05) is 15.7 Å². The normalized spacial score (nSPS) is 17.9. The first-order chi connectivity index (χ1) is 16.8. The number of carbonyl (C=O) groups is 2. The molecule has 0 unspecified atom stereocenters. The zero-order chi connectivity index (χ0) is 24.9. The molecule has 0 saturated carbocycles. The minimum absolute atomic E-state index is 0.186. The molecule has 3 aromatic rings. The monoisotopic (exact) mass is 553 g/mol. The Morgan fingerprint density at radius 3 is 2.63 bits per heavy atom. The van der Waals surface area contributed by atoms with E-state index in [9.17, 15) is 14.4 Å². The fourth-order valence-corrected chi connectivity index (χ4v) is 5.81. The topological polar surface area (TPSA) is 99.0 Å². The third kappa shape index (κ3) is 3.82. The average Bonchev–Trinajstić information content (AvgIpc) is 3.33.